The smallest absolute Gasteiger partial charge is 0.308 e. The molecule has 0 saturated heterocycles. The van der Waals surface area contributed by atoms with Crippen LogP contribution in [0.2, 0.25) is 0 Å². The summed E-state index contributed by atoms with van der Waals surface area (Å²) in [4.78, 5) is 10.7. The number of nitrogens with two attached hydrogens (primary N) is 1. The van der Waals surface area contributed by atoms with E-state index < -0.39 is 0 Å². The molecule has 0 amide bonds. The van der Waals surface area contributed by atoms with Crippen molar-refractivity contribution in [2.45, 2.75) is 25.8 Å². The molecule has 0 unspecified atom stereocenters. The molecule has 0 fully saturated rings. The van der Waals surface area contributed by atoms with Gasteiger partial charge in [-0.2, -0.15) is 0 Å². The number of carbonyl (C=O) groups excluding carboxylic acids is 1. The summed E-state index contributed by atoms with van der Waals surface area (Å²) < 4.78 is 4.93. The van der Waals surface area contributed by atoms with Crippen LogP contribution >= 0.6 is 12.4 Å². The number of benzene rings is 1. The Morgan fingerprint density at radius 3 is 2.53 bits per heavy atom. The standard InChI is InChI=1S/C13H17NO2.ClH/c1-3-4-5-13(14)11-6-8-12(9-7-11)16-10(2)15;/h3,6-9,13H,1,4-5,14H2,2H3;1H/t13-;/m1./s1. The van der Waals surface area contributed by atoms with Gasteiger partial charge in [-0.25, -0.2) is 0 Å². The van der Waals surface area contributed by atoms with E-state index >= 15 is 0 Å². The fraction of sp³-hybridized carbons (Fsp3) is 0.308. The molecule has 0 aromatic heterocycles. The molecule has 1 atom stereocenters. The highest BCUT2D eigenvalue weighted by Gasteiger charge is 2.05. The van der Waals surface area contributed by atoms with Crippen molar-refractivity contribution in [3.63, 3.8) is 0 Å². The zero-order valence-electron chi connectivity index (χ0n) is 9.89. The average molecular weight is 256 g/mol. The summed E-state index contributed by atoms with van der Waals surface area (Å²) in [7, 11) is 0. The van der Waals surface area contributed by atoms with Gasteiger partial charge in [0.15, 0.2) is 0 Å². The number of esters is 1. The molecule has 1 rings (SSSR count). The lowest BCUT2D eigenvalue weighted by Crippen LogP contribution is -2.09. The third-order valence-electron chi connectivity index (χ3n) is 2.25. The van der Waals surface area contributed by atoms with Gasteiger partial charge in [0.05, 0.1) is 0 Å². The topological polar surface area (TPSA) is 52.3 Å². The second kappa shape index (κ2) is 7.87. The molecule has 94 valence electrons. The van der Waals surface area contributed by atoms with Crippen LogP contribution in [-0.2, 0) is 4.79 Å². The lowest BCUT2D eigenvalue weighted by atomic mass is 10.0. The monoisotopic (exact) mass is 255 g/mol. The summed E-state index contributed by atoms with van der Waals surface area (Å²) in [6.45, 7) is 5.04. The Hall–Kier alpha value is -1.32. The van der Waals surface area contributed by atoms with E-state index in [0.717, 1.165) is 18.4 Å². The lowest BCUT2D eigenvalue weighted by molar-refractivity contribution is -0.131. The molecule has 0 aliphatic rings. The van der Waals surface area contributed by atoms with Crippen molar-refractivity contribution in [3.05, 3.63) is 42.5 Å². The van der Waals surface area contributed by atoms with Crippen LogP contribution in [0.4, 0.5) is 0 Å². The van der Waals surface area contributed by atoms with Crippen LogP contribution in [0, 0.1) is 0 Å². The molecule has 0 bridgehead atoms. The Labute approximate surface area is 108 Å². The van der Waals surface area contributed by atoms with Gasteiger partial charge >= 0.3 is 5.97 Å². The largest absolute Gasteiger partial charge is 0.427 e. The zero-order valence-corrected chi connectivity index (χ0v) is 10.7. The normalized spacial score (nSPS) is 11.2. The number of halogens is 1. The van der Waals surface area contributed by atoms with Gasteiger partial charge in [-0.15, -0.1) is 19.0 Å². The minimum atomic E-state index is -0.316. The predicted molar refractivity (Wildman–Crippen MR) is 71.4 cm³/mol. The predicted octanol–water partition coefficient (Wildman–Crippen LogP) is 3.00. The third kappa shape index (κ3) is 5.52. The van der Waals surface area contributed by atoms with Crippen LogP contribution in [0.5, 0.6) is 5.75 Å². The fourth-order valence-electron chi connectivity index (χ4n) is 1.41. The van der Waals surface area contributed by atoms with Crippen LogP contribution in [0.1, 0.15) is 31.4 Å². The van der Waals surface area contributed by atoms with Gasteiger partial charge in [0.25, 0.3) is 0 Å². The quantitative estimate of drug-likeness (QED) is 0.500. The Morgan fingerprint density at radius 1 is 1.47 bits per heavy atom. The van der Waals surface area contributed by atoms with E-state index in [1.165, 1.54) is 6.92 Å². The molecule has 3 nitrogen and oxygen atoms in total. The summed E-state index contributed by atoms with van der Waals surface area (Å²) in [6, 6.07) is 7.27. The Bertz CT molecular complexity index is 362. The summed E-state index contributed by atoms with van der Waals surface area (Å²) >= 11 is 0. The highest BCUT2D eigenvalue weighted by atomic mass is 35.5. The highest BCUT2D eigenvalue weighted by Crippen LogP contribution is 2.19. The summed E-state index contributed by atoms with van der Waals surface area (Å²) in [5, 5.41) is 0. The molecule has 4 heteroatoms. The van der Waals surface area contributed by atoms with Crippen molar-refractivity contribution < 1.29 is 9.53 Å². The molecule has 1 aromatic rings. The maximum Gasteiger partial charge on any atom is 0.308 e. The molecule has 0 saturated carbocycles. The number of rotatable bonds is 5. The van der Waals surface area contributed by atoms with Crippen LogP contribution in [0.15, 0.2) is 36.9 Å². The number of ether oxygens (including phenoxy) is 1. The van der Waals surface area contributed by atoms with Crippen molar-refractivity contribution in [2.24, 2.45) is 5.73 Å². The maximum atomic E-state index is 10.7. The van der Waals surface area contributed by atoms with Gasteiger partial charge in [-0.3, -0.25) is 4.79 Å². The minimum absolute atomic E-state index is 0. The molecular weight excluding hydrogens is 238 g/mol. The van der Waals surface area contributed by atoms with Gasteiger partial charge in [0, 0.05) is 13.0 Å². The third-order valence-corrected chi connectivity index (χ3v) is 2.25. The first-order chi connectivity index (χ1) is 7.63. The summed E-state index contributed by atoms with van der Waals surface area (Å²) in [5.41, 5.74) is 7.02. The second-order valence-electron chi connectivity index (χ2n) is 3.64. The maximum absolute atomic E-state index is 10.7. The van der Waals surface area contributed by atoms with Gasteiger partial charge < -0.3 is 10.5 Å². The fourth-order valence-corrected chi connectivity index (χ4v) is 1.41. The summed E-state index contributed by atoms with van der Waals surface area (Å²) in [5.74, 6) is 0.232. The van der Waals surface area contributed by atoms with Crippen molar-refractivity contribution >= 4 is 18.4 Å². The van der Waals surface area contributed by atoms with E-state index in [0.29, 0.717) is 5.75 Å². The van der Waals surface area contributed by atoms with Gasteiger partial charge in [-0.1, -0.05) is 18.2 Å². The van der Waals surface area contributed by atoms with Gasteiger partial charge in [-0.05, 0) is 30.5 Å². The molecule has 0 aliphatic heterocycles. The molecule has 2 N–H and O–H groups in total. The minimum Gasteiger partial charge on any atom is -0.427 e. The Kier molecular flexibility index (Phi) is 7.26. The van der Waals surface area contributed by atoms with E-state index in [2.05, 4.69) is 6.58 Å². The molecular formula is C13H18ClNO2. The first-order valence-corrected chi connectivity index (χ1v) is 5.28. The van der Waals surface area contributed by atoms with E-state index in [4.69, 9.17) is 10.5 Å². The zero-order chi connectivity index (χ0) is 12.0. The van der Waals surface area contributed by atoms with Crippen molar-refractivity contribution in [2.75, 3.05) is 0 Å². The second-order valence-corrected chi connectivity index (χ2v) is 3.64. The van der Waals surface area contributed by atoms with Crippen LogP contribution in [-0.4, -0.2) is 5.97 Å². The molecule has 0 heterocycles. The molecule has 0 spiro atoms. The molecule has 0 radical (unpaired) electrons. The van der Waals surface area contributed by atoms with Crippen molar-refractivity contribution in [3.8, 4) is 5.75 Å². The lowest BCUT2D eigenvalue weighted by Gasteiger charge is -2.11. The first kappa shape index (κ1) is 15.7. The molecule has 17 heavy (non-hydrogen) atoms. The SMILES string of the molecule is C=CCC[C@@H](N)c1ccc(OC(C)=O)cc1.Cl. The molecule has 1 aromatic carbocycles. The number of allylic oxidation sites excluding steroid dienone is 1. The average Bonchev–Trinajstić information content (AvgIpc) is 2.26. The van der Waals surface area contributed by atoms with E-state index in [-0.39, 0.29) is 24.4 Å². The first-order valence-electron chi connectivity index (χ1n) is 5.28. The van der Waals surface area contributed by atoms with Gasteiger partial charge in [0.2, 0.25) is 0 Å². The highest BCUT2D eigenvalue weighted by molar-refractivity contribution is 5.85. The number of carbonyl (C=O) groups is 1. The molecule has 0 aliphatic carbocycles. The van der Waals surface area contributed by atoms with E-state index in [1.807, 2.05) is 18.2 Å². The van der Waals surface area contributed by atoms with Crippen LogP contribution in [0.3, 0.4) is 0 Å². The van der Waals surface area contributed by atoms with E-state index in [9.17, 15) is 4.79 Å². The number of hydrogen-bond acceptors (Lipinski definition) is 3. The van der Waals surface area contributed by atoms with Gasteiger partial charge in [0.1, 0.15) is 5.75 Å². The Morgan fingerprint density at radius 2 is 2.06 bits per heavy atom. The van der Waals surface area contributed by atoms with E-state index in [1.54, 1.807) is 12.1 Å². The Balaban J connectivity index is 0.00000256. The van der Waals surface area contributed by atoms with Crippen LogP contribution < -0.4 is 10.5 Å². The number of hydrogen-bond donors (Lipinski definition) is 1. The summed E-state index contributed by atoms with van der Waals surface area (Å²) in [6.07, 6.45) is 3.62. The van der Waals surface area contributed by atoms with Crippen molar-refractivity contribution in [1.29, 1.82) is 0 Å². The van der Waals surface area contributed by atoms with Crippen LogP contribution in [0.25, 0.3) is 0 Å². The van der Waals surface area contributed by atoms with Crippen molar-refractivity contribution in [1.82, 2.24) is 0 Å².